The van der Waals surface area contributed by atoms with Crippen molar-refractivity contribution in [1.29, 1.82) is 0 Å². The lowest BCUT2D eigenvalue weighted by Gasteiger charge is -2.24. The predicted octanol–water partition coefficient (Wildman–Crippen LogP) is 15.5. The van der Waals surface area contributed by atoms with E-state index < -0.39 is 26.5 Å². The highest BCUT2D eigenvalue weighted by Crippen LogP contribution is 2.43. The van der Waals surface area contributed by atoms with Crippen molar-refractivity contribution in [2.75, 3.05) is 47.5 Å². The minimum Gasteiger partial charge on any atom is -0.462 e. The molecule has 364 valence electrons. The van der Waals surface area contributed by atoms with Crippen molar-refractivity contribution in [3.05, 3.63) is 0 Å². The number of esters is 2. The number of ether oxygens (including phenoxy) is 2. The molecule has 0 saturated carbocycles. The molecule has 1 N–H and O–H groups in total. The van der Waals surface area contributed by atoms with Gasteiger partial charge in [-0.1, -0.05) is 239 Å². The molecule has 10 heteroatoms. The molecule has 0 aromatic heterocycles. The molecule has 0 bridgehead atoms. The van der Waals surface area contributed by atoms with Crippen molar-refractivity contribution in [3.8, 4) is 0 Å². The van der Waals surface area contributed by atoms with Gasteiger partial charge in [-0.25, -0.2) is 4.57 Å². The van der Waals surface area contributed by atoms with E-state index >= 15 is 0 Å². The van der Waals surface area contributed by atoms with E-state index in [-0.39, 0.29) is 25.6 Å². The Labute approximate surface area is 378 Å². The third-order valence-electron chi connectivity index (χ3n) is 11.9. The molecular formula is C51H103NO8P+. The van der Waals surface area contributed by atoms with E-state index in [0.717, 1.165) is 38.5 Å². The second-order valence-electron chi connectivity index (χ2n) is 19.3. The number of phosphoric ester groups is 1. The number of hydrogen-bond acceptors (Lipinski definition) is 7. The third-order valence-corrected chi connectivity index (χ3v) is 12.9. The van der Waals surface area contributed by atoms with E-state index in [2.05, 4.69) is 13.8 Å². The van der Waals surface area contributed by atoms with E-state index in [1.54, 1.807) is 0 Å². The molecule has 2 atom stereocenters. The normalized spacial score (nSPS) is 13.3. The van der Waals surface area contributed by atoms with Crippen LogP contribution in [0.15, 0.2) is 0 Å². The minimum atomic E-state index is -4.37. The molecule has 0 fully saturated rings. The Hall–Kier alpha value is -0.990. The Bertz CT molecular complexity index is 1010. The molecule has 0 spiro atoms. The number of carbonyl (C=O) groups is 2. The SMILES string of the molecule is CCCCCCCCCCCCCCCCCCCCCCCCCC(=O)OC[C@@H](COP(=O)(O)OCC[N+](C)(C)C)OC(=O)CCCCCCCCCCCCCCCC. The summed E-state index contributed by atoms with van der Waals surface area (Å²) in [7, 11) is 1.50. The molecule has 0 radical (unpaired) electrons. The zero-order valence-electron chi connectivity index (χ0n) is 41.2. The van der Waals surface area contributed by atoms with Crippen molar-refractivity contribution in [2.24, 2.45) is 0 Å². The van der Waals surface area contributed by atoms with E-state index in [0.29, 0.717) is 17.4 Å². The summed E-state index contributed by atoms with van der Waals surface area (Å²) in [5.74, 6) is -0.778. The highest BCUT2D eigenvalue weighted by molar-refractivity contribution is 7.47. The molecule has 9 nitrogen and oxygen atoms in total. The van der Waals surface area contributed by atoms with Gasteiger partial charge in [0.25, 0.3) is 0 Å². The van der Waals surface area contributed by atoms with Gasteiger partial charge in [-0.2, -0.15) is 0 Å². The van der Waals surface area contributed by atoms with E-state index in [1.807, 2.05) is 21.1 Å². The topological polar surface area (TPSA) is 108 Å². The fourth-order valence-corrected chi connectivity index (χ4v) is 8.52. The van der Waals surface area contributed by atoms with Crippen LogP contribution in [0.1, 0.15) is 264 Å². The molecule has 61 heavy (non-hydrogen) atoms. The van der Waals surface area contributed by atoms with Crippen LogP contribution in [0.5, 0.6) is 0 Å². The van der Waals surface area contributed by atoms with Crippen LogP contribution in [0.3, 0.4) is 0 Å². The van der Waals surface area contributed by atoms with Gasteiger partial charge >= 0.3 is 19.8 Å². The Morgan fingerprint density at radius 2 is 0.738 bits per heavy atom. The van der Waals surface area contributed by atoms with Crippen LogP contribution in [0.2, 0.25) is 0 Å². The van der Waals surface area contributed by atoms with Gasteiger partial charge in [0.2, 0.25) is 0 Å². The summed E-state index contributed by atoms with van der Waals surface area (Å²) >= 11 is 0. The molecule has 0 aliphatic rings. The van der Waals surface area contributed by atoms with Gasteiger partial charge in [0, 0.05) is 12.8 Å². The Morgan fingerprint density at radius 3 is 1.05 bits per heavy atom. The molecule has 0 aromatic carbocycles. The number of likely N-dealkylation sites (N-methyl/N-ethyl adjacent to an activating group) is 1. The van der Waals surface area contributed by atoms with Crippen molar-refractivity contribution >= 4 is 19.8 Å². The number of hydrogen-bond donors (Lipinski definition) is 1. The highest BCUT2D eigenvalue weighted by Gasteiger charge is 2.27. The monoisotopic (exact) mass is 889 g/mol. The van der Waals surface area contributed by atoms with Gasteiger partial charge in [-0.05, 0) is 12.8 Å². The Balaban J connectivity index is 4.12. The quantitative estimate of drug-likeness (QED) is 0.0278. The number of quaternary nitrogens is 1. The van der Waals surface area contributed by atoms with E-state index in [9.17, 15) is 19.0 Å². The van der Waals surface area contributed by atoms with Crippen LogP contribution in [0.25, 0.3) is 0 Å². The summed E-state index contributed by atoms with van der Waals surface area (Å²) in [4.78, 5) is 35.5. The van der Waals surface area contributed by atoms with Crippen molar-refractivity contribution in [2.45, 2.75) is 270 Å². The summed E-state index contributed by atoms with van der Waals surface area (Å²) in [6, 6.07) is 0. The zero-order valence-corrected chi connectivity index (χ0v) is 42.1. The Kier molecular flexibility index (Phi) is 43.5. The molecule has 0 rings (SSSR count). The number of unbranched alkanes of at least 4 members (excludes halogenated alkanes) is 35. The second kappa shape index (κ2) is 44.2. The maximum atomic E-state index is 12.7. The lowest BCUT2D eigenvalue weighted by Crippen LogP contribution is -2.37. The summed E-state index contributed by atoms with van der Waals surface area (Å²) in [5, 5.41) is 0. The lowest BCUT2D eigenvalue weighted by atomic mass is 10.0. The smallest absolute Gasteiger partial charge is 0.462 e. The van der Waals surface area contributed by atoms with Crippen LogP contribution < -0.4 is 0 Å². The van der Waals surface area contributed by atoms with Crippen LogP contribution in [0, 0.1) is 0 Å². The first-order valence-electron chi connectivity index (χ1n) is 26.3. The van der Waals surface area contributed by atoms with Crippen molar-refractivity contribution in [3.63, 3.8) is 0 Å². The van der Waals surface area contributed by atoms with Crippen LogP contribution in [0.4, 0.5) is 0 Å². The summed E-state index contributed by atoms with van der Waals surface area (Å²) in [6.45, 7) is 4.48. The third kappa shape index (κ3) is 48.3. The van der Waals surface area contributed by atoms with Crippen LogP contribution in [-0.4, -0.2) is 74.9 Å². The standard InChI is InChI=1S/C51H102NO8P/c1-6-8-10-12-14-16-18-20-22-23-24-25-26-27-28-29-30-32-33-35-37-39-41-43-50(53)57-47-49(48-59-61(55,56)58-46-45-52(3,4)5)60-51(54)44-42-40-38-36-34-31-21-19-17-15-13-11-9-7-2/h49H,6-48H2,1-5H3/p+1/t49-/m0/s1. The number of nitrogens with zero attached hydrogens (tertiary/aromatic N) is 1. The first-order valence-corrected chi connectivity index (χ1v) is 27.8. The van der Waals surface area contributed by atoms with Gasteiger partial charge < -0.3 is 18.9 Å². The summed E-state index contributed by atoms with van der Waals surface area (Å²) in [6.07, 6.45) is 47.3. The molecule has 0 aromatic rings. The molecule has 1 unspecified atom stereocenters. The fourth-order valence-electron chi connectivity index (χ4n) is 7.78. The maximum Gasteiger partial charge on any atom is 0.472 e. The summed E-state index contributed by atoms with van der Waals surface area (Å²) < 4.78 is 34.5. The van der Waals surface area contributed by atoms with Gasteiger partial charge in [-0.15, -0.1) is 0 Å². The second-order valence-corrected chi connectivity index (χ2v) is 20.7. The van der Waals surface area contributed by atoms with Gasteiger partial charge in [0.15, 0.2) is 6.10 Å². The van der Waals surface area contributed by atoms with Gasteiger partial charge in [0.05, 0.1) is 27.7 Å². The maximum absolute atomic E-state index is 12.7. The van der Waals surface area contributed by atoms with Crippen LogP contribution in [-0.2, 0) is 32.7 Å². The average molecular weight is 889 g/mol. The minimum absolute atomic E-state index is 0.0371. The number of phosphoric acid groups is 1. The molecule has 0 aliphatic heterocycles. The molecular weight excluding hydrogens is 786 g/mol. The van der Waals surface area contributed by atoms with Crippen molar-refractivity contribution in [1.82, 2.24) is 0 Å². The van der Waals surface area contributed by atoms with Crippen molar-refractivity contribution < 1.29 is 42.1 Å². The zero-order chi connectivity index (χ0) is 45.0. The molecule has 0 amide bonds. The lowest BCUT2D eigenvalue weighted by molar-refractivity contribution is -0.870. The van der Waals surface area contributed by atoms with Gasteiger partial charge in [0.1, 0.15) is 19.8 Å². The Morgan fingerprint density at radius 1 is 0.443 bits per heavy atom. The van der Waals surface area contributed by atoms with E-state index in [1.165, 1.54) is 199 Å². The highest BCUT2D eigenvalue weighted by atomic mass is 31.2. The molecule has 0 heterocycles. The number of rotatable bonds is 49. The average Bonchev–Trinajstić information content (AvgIpc) is 3.21. The molecule has 0 aliphatic carbocycles. The predicted molar refractivity (Wildman–Crippen MR) is 257 cm³/mol. The molecule has 0 saturated heterocycles. The van der Waals surface area contributed by atoms with Crippen LogP contribution >= 0.6 is 7.82 Å². The van der Waals surface area contributed by atoms with Gasteiger partial charge in [-0.3, -0.25) is 18.6 Å². The first kappa shape index (κ1) is 60.0. The first-order chi connectivity index (χ1) is 29.5. The number of carbonyl (C=O) groups excluding carboxylic acids is 2. The summed E-state index contributed by atoms with van der Waals surface area (Å²) in [5.41, 5.74) is 0. The fraction of sp³-hybridized carbons (Fsp3) is 0.961. The largest absolute Gasteiger partial charge is 0.472 e. The van der Waals surface area contributed by atoms with E-state index in [4.69, 9.17) is 18.5 Å².